The number of para-hydroxylation sites is 1. The minimum atomic E-state index is 0.543. The molecule has 0 radical (unpaired) electrons. The first-order valence-corrected chi connectivity index (χ1v) is 9.72. The predicted molar refractivity (Wildman–Crippen MR) is 98.1 cm³/mol. The summed E-state index contributed by atoms with van der Waals surface area (Å²) in [6.07, 6.45) is 0.927. The quantitative estimate of drug-likeness (QED) is 0.492. The molecule has 0 bridgehead atoms. The summed E-state index contributed by atoms with van der Waals surface area (Å²) >= 11 is 3.21. The molecular weight excluding hydrogens is 354 g/mol. The molecule has 25 heavy (non-hydrogen) atoms. The zero-order valence-corrected chi connectivity index (χ0v) is 14.8. The van der Waals surface area contributed by atoms with Gasteiger partial charge in [-0.15, -0.1) is 21.5 Å². The fourth-order valence-corrected chi connectivity index (χ4v) is 4.53. The zero-order valence-electron chi connectivity index (χ0n) is 13.1. The van der Waals surface area contributed by atoms with Crippen molar-refractivity contribution >= 4 is 33.3 Å². The highest BCUT2D eigenvalue weighted by atomic mass is 32.2. The van der Waals surface area contributed by atoms with Crippen molar-refractivity contribution in [2.75, 3.05) is 6.61 Å². The van der Waals surface area contributed by atoms with E-state index in [9.17, 15) is 0 Å². The SMILES string of the molecule is c1ccc2sc(CSc3nnc(-c4ccc5c(c4)CCO5)o3)nc2c1. The highest BCUT2D eigenvalue weighted by Gasteiger charge is 2.16. The number of hydrogen-bond donors (Lipinski definition) is 0. The van der Waals surface area contributed by atoms with E-state index >= 15 is 0 Å². The van der Waals surface area contributed by atoms with Crippen LogP contribution in [0.2, 0.25) is 0 Å². The van der Waals surface area contributed by atoms with Gasteiger partial charge in [0, 0.05) is 12.0 Å². The van der Waals surface area contributed by atoms with Crippen molar-refractivity contribution in [3.8, 4) is 17.2 Å². The number of rotatable bonds is 4. The third kappa shape index (κ3) is 2.89. The lowest BCUT2D eigenvalue weighted by atomic mass is 10.1. The van der Waals surface area contributed by atoms with Gasteiger partial charge in [0.05, 0.1) is 22.6 Å². The molecule has 2 aromatic carbocycles. The Hall–Kier alpha value is -2.38. The standard InChI is InChI=1S/C18H13N3O2S2/c1-2-4-15-13(3-1)19-16(25-15)10-24-18-21-20-17(23-18)12-5-6-14-11(9-12)7-8-22-14/h1-6,9H,7-8,10H2. The normalized spacial score (nSPS) is 13.1. The smallest absolute Gasteiger partial charge is 0.277 e. The Bertz CT molecular complexity index is 1020. The van der Waals surface area contributed by atoms with Gasteiger partial charge in [-0.25, -0.2) is 4.98 Å². The molecule has 124 valence electrons. The third-order valence-electron chi connectivity index (χ3n) is 4.00. The van der Waals surface area contributed by atoms with Gasteiger partial charge in [0.25, 0.3) is 5.22 Å². The average molecular weight is 367 g/mol. The van der Waals surface area contributed by atoms with Gasteiger partial charge < -0.3 is 9.15 Å². The maximum Gasteiger partial charge on any atom is 0.277 e. The summed E-state index contributed by atoms with van der Waals surface area (Å²) in [4.78, 5) is 4.63. The molecule has 3 heterocycles. The van der Waals surface area contributed by atoms with Crippen molar-refractivity contribution in [3.63, 3.8) is 0 Å². The predicted octanol–water partition coefficient (Wildman–Crippen LogP) is 4.57. The summed E-state index contributed by atoms with van der Waals surface area (Å²) in [5, 5.41) is 9.94. The summed E-state index contributed by atoms with van der Waals surface area (Å²) in [7, 11) is 0. The van der Waals surface area contributed by atoms with Crippen molar-refractivity contribution in [3.05, 3.63) is 53.0 Å². The van der Waals surface area contributed by atoms with Crippen molar-refractivity contribution in [1.82, 2.24) is 15.2 Å². The Kier molecular flexibility index (Phi) is 3.68. The van der Waals surface area contributed by atoms with E-state index in [0.29, 0.717) is 11.1 Å². The number of benzene rings is 2. The van der Waals surface area contributed by atoms with Crippen LogP contribution in [0.5, 0.6) is 5.75 Å². The Morgan fingerprint density at radius 3 is 3.04 bits per heavy atom. The minimum absolute atomic E-state index is 0.543. The van der Waals surface area contributed by atoms with Crippen LogP contribution in [0, 0.1) is 0 Å². The minimum Gasteiger partial charge on any atom is -0.493 e. The zero-order chi connectivity index (χ0) is 16.6. The van der Waals surface area contributed by atoms with Crippen LogP contribution < -0.4 is 4.74 Å². The number of ether oxygens (including phenoxy) is 1. The molecule has 2 aromatic heterocycles. The summed E-state index contributed by atoms with van der Waals surface area (Å²) in [5.74, 6) is 2.22. The van der Waals surface area contributed by atoms with Gasteiger partial charge in [-0.1, -0.05) is 23.9 Å². The molecule has 0 amide bonds. The molecule has 4 aromatic rings. The molecule has 0 saturated heterocycles. The Labute approximate surface area is 152 Å². The van der Waals surface area contributed by atoms with E-state index in [2.05, 4.69) is 27.3 Å². The molecule has 5 nitrogen and oxygen atoms in total. The first-order chi connectivity index (χ1) is 12.3. The van der Waals surface area contributed by atoms with Crippen molar-refractivity contribution in [1.29, 1.82) is 0 Å². The van der Waals surface area contributed by atoms with E-state index in [1.807, 2.05) is 30.3 Å². The lowest BCUT2D eigenvalue weighted by molar-refractivity contribution is 0.357. The molecule has 0 fully saturated rings. The second-order valence-electron chi connectivity index (χ2n) is 5.66. The Morgan fingerprint density at radius 1 is 1.12 bits per heavy atom. The van der Waals surface area contributed by atoms with Gasteiger partial charge in [0.1, 0.15) is 10.8 Å². The molecule has 0 aliphatic carbocycles. The highest BCUT2D eigenvalue weighted by molar-refractivity contribution is 7.98. The summed E-state index contributed by atoms with van der Waals surface area (Å²) in [6.45, 7) is 0.742. The number of thioether (sulfide) groups is 1. The maximum absolute atomic E-state index is 5.80. The number of hydrogen-bond acceptors (Lipinski definition) is 7. The monoisotopic (exact) mass is 367 g/mol. The lowest BCUT2D eigenvalue weighted by Crippen LogP contribution is -1.85. The molecule has 5 rings (SSSR count). The fraction of sp³-hybridized carbons (Fsp3) is 0.167. The second-order valence-corrected chi connectivity index (χ2v) is 7.70. The lowest BCUT2D eigenvalue weighted by Gasteiger charge is -1.99. The highest BCUT2D eigenvalue weighted by Crippen LogP contribution is 2.32. The first-order valence-electron chi connectivity index (χ1n) is 7.92. The van der Waals surface area contributed by atoms with Crippen molar-refractivity contribution < 1.29 is 9.15 Å². The van der Waals surface area contributed by atoms with Crippen LogP contribution in [-0.4, -0.2) is 21.8 Å². The van der Waals surface area contributed by atoms with Gasteiger partial charge in [-0.05, 0) is 35.9 Å². The number of fused-ring (bicyclic) bond motifs is 2. The molecule has 0 atom stereocenters. The topological polar surface area (TPSA) is 61.0 Å². The average Bonchev–Trinajstić information content (AvgIpc) is 3.37. The van der Waals surface area contributed by atoms with Crippen LogP contribution in [0.4, 0.5) is 0 Å². The third-order valence-corrected chi connectivity index (χ3v) is 6.05. The number of thiazole rings is 1. The van der Waals surface area contributed by atoms with Gasteiger partial charge in [0.15, 0.2) is 0 Å². The number of nitrogens with zero attached hydrogens (tertiary/aromatic N) is 3. The van der Waals surface area contributed by atoms with Gasteiger partial charge in [-0.3, -0.25) is 0 Å². The fourth-order valence-electron chi connectivity index (χ4n) is 2.81. The van der Waals surface area contributed by atoms with E-state index in [4.69, 9.17) is 9.15 Å². The van der Waals surface area contributed by atoms with Crippen LogP contribution in [-0.2, 0) is 12.2 Å². The molecule has 0 N–H and O–H groups in total. The van der Waals surface area contributed by atoms with E-state index in [0.717, 1.165) is 40.6 Å². The van der Waals surface area contributed by atoms with E-state index in [-0.39, 0.29) is 0 Å². The van der Waals surface area contributed by atoms with Crippen LogP contribution >= 0.6 is 23.1 Å². The molecule has 1 aliphatic rings. The van der Waals surface area contributed by atoms with Gasteiger partial charge in [0.2, 0.25) is 5.89 Å². The van der Waals surface area contributed by atoms with E-state index in [1.54, 1.807) is 11.3 Å². The molecule has 1 aliphatic heterocycles. The molecule has 0 unspecified atom stereocenters. The first kappa shape index (κ1) is 14.9. The molecular formula is C18H13N3O2S2. The van der Waals surface area contributed by atoms with Gasteiger partial charge in [-0.2, -0.15) is 0 Å². The van der Waals surface area contributed by atoms with Crippen LogP contribution in [0.3, 0.4) is 0 Å². The largest absolute Gasteiger partial charge is 0.493 e. The summed E-state index contributed by atoms with van der Waals surface area (Å²) in [5.41, 5.74) is 3.16. The van der Waals surface area contributed by atoms with Crippen LogP contribution in [0.25, 0.3) is 21.7 Å². The van der Waals surface area contributed by atoms with E-state index in [1.165, 1.54) is 22.0 Å². The Morgan fingerprint density at radius 2 is 2.08 bits per heavy atom. The molecule has 0 spiro atoms. The second kappa shape index (κ2) is 6.16. The van der Waals surface area contributed by atoms with Crippen LogP contribution in [0.1, 0.15) is 10.6 Å². The summed E-state index contributed by atoms with van der Waals surface area (Å²) in [6, 6.07) is 14.1. The molecule has 7 heteroatoms. The summed E-state index contributed by atoms with van der Waals surface area (Å²) < 4.78 is 12.5. The molecule has 0 saturated carbocycles. The van der Waals surface area contributed by atoms with Gasteiger partial charge >= 0.3 is 0 Å². The van der Waals surface area contributed by atoms with Crippen LogP contribution in [0.15, 0.2) is 52.1 Å². The maximum atomic E-state index is 5.80. The Balaban J connectivity index is 1.32. The number of aromatic nitrogens is 3. The van der Waals surface area contributed by atoms with E-state index < -0.39 is 0 Å². The van der Waals surface area contributed by atoms with Crippen molar-refractivity contribution in [2.24, 2.45) is 0 Å². The van der Waals surface area contributed by atoms with Crippen molar-refractivity contribution in [2.45, 2.75) is 17.4 Å².